The minimum atomic E-state index is 0.302. The fraction of sp³-hybridized carbons (Fsp3) is 1.00. The van der Waals surface area contributed by atoms with E-state index in [9.17, 15) is 0 Å². The quantitative estimate of drug-likeness (QED) is 0.0555. The van der Waals surface area contributed by atoms with Crippen LogP contribution in [0.25, 0.3) is 0 Å². The van der Waals surface area contributed by atoms with Crippen molar-refractivity contribution in [2.45, 2.75) is 239 Å². The number of aliphatic hydroxyl groups is 1. The summed E-state index contributed by atoms with van der Waals surface area (Å²) in [6, 6.07) is 0. The molecule has 0 radical (unpaired) electrons. The monoisotopic (exact) mass is 626 g/mol. The molecule has 0 aromatic heterocycles. The number of rotatable bonds is 36. The fourth-order valence-electron chi connectivity index (χ4n) is 6.16. The van der Waals surface area contributed by atoms with Gasteiger partial charge in [-0.15, -0.1) is 0 Å². The minimum Gasteiger partial charge on any atom is -0.396 e. The average Bonchev–Trinajstić information content (AvgIpc) is 3.02. The highest BCUT2D eigenvalue weighted by Crippen LogP contribution is 2.15. The van der Waals surface area contributed by atoms with Gasteiger partial charge in [0.25, 0.3) is 0 Å². The number of ether oxygens (including phenoxy) is 1. The standard InChI is InChI=1S/C23H49NO.C18H38O/c1-5-7-8-9-10-11-12-13-14-15-16-17-18-19-20-21-22-25-23(6-2)24(3)4;1-2-3-4-5-6-7-8-9-10-11-12-13-14-15-16-17-18-19/h23H,5-22H2,1-4H3;19H,2-18H2,1H3. The molecule has 3 heteroatoms. The average molecular weight is 626 g/mol. The van der Waals surface area contributed by atoms with Crippen LogP contribution in [0.3, 0.4) is 0 Å². The van der Waals surface area contributed by atoms with Crippen molar-refractivity contribution in [3.05, 3.63) is 0 Å². The maximum Gasteiger partial charge on any atom is 0.109 e. The summed E-state index contributed by atoms with van der Waals surface area (Å²) in [5.41, 5.74) is 0. The van der Waals surface area contributed by atoms with Gasteiger partial charge < -0.3 is 9.84 Å². The predicted octanol–water partition coefficient (Wildman–Crippen LogP) is 13.8. The topological polar surface area (TPSA) is 32.7 Å². The molecule has 44 heavy (non-hydrogen) atoms. The van der Waals surface area contributed by atoms with Crippen molar-refractivity contribution < 1.29 is 9.84 Å². The molecule has 0 aromatic carbocycles. The summed E-state index contributed by atoms with van der Waals surface area (Å²) in [4.78, 5) is 2.17. The molecule has 0 saturated carbocycles. The van der Waals surface area contributed by atoms with E-state index in [1.807, 2.05) is 0 Å². The Morgan fingerprint density at radius 1 is 0.386 bits per heavy atom. The Balaban J connectivity index is 0. The van der Waals surface area contributed by atoms with Crippen LogP contribution in [0, 0.1) is 0 Å². The Morgan fingerprint density at radius 2 is 0.636 bits per heavy atom. The molecule has 0 spiro atoms. The summed E-state index contributed by atoms with van der Waals surface area (Å²) in [7, 11) is 4.20. The number of unbranched alkanes of at least 4 members (excludes halogenated alkanes) is 30. The first-order valence-corrected chi connectivity index (χ1v) is 20.5. The predicted molar refractivity (Wildman–Crippen MR) is 200 cm³/mol. The lowest BCUT2D eigenvalue weighted by Gasteiger charge is -2.23. The van der Waals surface area contributed by atoms with Crippen LogP contribution in [0.1, 0.15) is 233 Å². The lowest BCUT2D eigenvalue weighted by molar-refractivity contribution is -0.0391. The maximum atomic E-state index is 8.67. The Kier molecular flexibility index (Phi) is 44.8. The van der Waals surface area contributed by atoms with Crippen molar-refractivity contribution in [1.82, 2.24) is 4.90 Å². The zero-order valence-electron chi connectivity index (χ0n) is 31.6. The van der Waals surface area contributed by atoms with E-state index < -0.39 is 0 Å². The highest BCUT2D eigenvalue weighted by molar-refractivity contribution is 4.53. The molecule has 0 aromatic rings. The molecule has 1 unspecified atom stereocenters. The lowest BCUT2D eigenvalue weighted by Crippen LogP contribution is -2.30. The summed E-state index contributed by atoms with van der Waals surface area (Å²) in [6.07, 6.45) is 46.3. The Hall–Kier alpha value is -0.120. The first-order chi connectivity index (χ1) is 21.6. The second-order valence-electron chi connectivity index (χ2n) is 14.0. The number of hydrogen-bond acceptors (Lipinski definition) is 3. The molecule has 3 nitrogen and oxygen atoms in total. The van der Waals surface area contributed by atoms with Gasteiger partial charge in [-0.05, 0) is 33.4 Å². The fourth-order valence-corrected chi connectivity index (χ4v) is 6.16. The van der Waals surface area contributed by atoms with E-state index in [-0.39, 0.29) is 0 Å². The largest absolute Gasteiger partial charge is 0.396 e. The normalized spacial score (nSPS) is 12.1. The molecular formula is C41H87NO2. The smallest absolute Gasteiger partial charge is 0.109 e. The Morgan fingerprint density at radius 3 is 0.864 bits per heavy atom. The Bertz CT molecular complexity index is 454. The van der Waals surface area contributed by atoms with E-state index in [1.54, 1.807) is 0 Å². The zero-order chi connectivity index (χ0) is 32.6. The Labute approximate surface area is 280 Å². The van der Waals surface area contributed by atoms with Gasteiger partial charge in [0.1, 0.15) is 6.23 Å². The zero-order valence-corrected chi connectivity index (χ0v) is 31.6. The van der Waals surface area contributed by atoms with Gasteiger partial charge in [0.2, 0.25) is 0 Å². The first-order valence-electron chi connectivity index (χ1n) is 20.5. The van der Waals surface area contributed by atoms with E-state index in [2.05, 4.69) is 39.8 Å². The summed E-state index contributed by atoms with van der Waals surface area (Å²) in [5.74, 6) is 0. The van der Waals surface area contributed by atoms with E-state index in [0.29, 0.717) is 12.8 Å². The molecule has 1 N–H and O–H groups in total. The van der Waals surface area contributed by atoms with Crippen LogP contribution in [0.15, 0.2) is 0 Å². The maximum absolute atomic E-state index is 8.67. The first kappa shape index (κ1) is 46.0. The second-order valence-corrected chi connectivity index (χ2v) is 14.0. The number of nitrogens with zero attached hydrogens (tertiary/aromatic N) is 1. The van der Waals surface area contributed by atoms with E-state index in [0.717, 1.165) is 19.4 Å². The highest BCUT2D eigenvalue weighted by Gasteiger charge is 2.07. The second kappa shape index (κ2) is 42.9. The molecule has 1 atom stereocenters. The van der Waals surface area contributed by atoms with Crippen LogP contribution in [-0.2, 0) is 4.74 Å². The van der Waals surface area contributed by atoms with Crippen molar-refractivity contribution in [2.75, 3.05) is 27.3 Å². The van der Waals surface area contributed by atoms with Crippen LogP contribution in [0.2, 0.25) is 0 Å². The van der Waals surface area contributed by atoms with Gasteiger partial charge in [0, 0.05) is 13.2 Å². The molecule has 0 bridgehead atoms. The molecule has 0 amide bonds. The van der Waals surface area contributed by atoms with E-state index in [1.165, 1.54) is 199 Å². The molecule has 0 aliphatic rings. The third kappa shape index (κ3) is 41.9. The van der Waals surface area contributed by atoms with Gasteiger partial charge in [-0.3, -0.25) is 4.90 Å². The summed E-state index contributed by atoms with van der Waals surface area (Å²) in [6.45, 7) is 8.07. The molecule has 268 valence electrons. The van der Waals surface area contributed by atoms with Gasteiger partial charge in [-0.2, -0.15) is 0 Å². The van der Waals surface area contributed by atoms with Gasteiger partial charge in [-0.1, -0.05) is 213 Å². The summed E-state index contributed by atoms with van der Waals surface area (Å²) >= 11 is 0. The molecule has 0 aliphatic carbocycles. The molecule has 0 saturated heterocycles. The third-order valence-corrected chi connectivity index (χ3v) is 9.25. The SMILES string of the molecule is CCCCCCCCCCCCCCCCCCO.CCCCCCCCCCCCCCCCCCOC(CC)N(C)C. The van der Waals surface area contributed by atoms with Crippen LogP contribution in [0.4, 0.5) is 0 Å². The van der Waals surface area contributed by atoms with Crippen LogP contribution < -0.4 is 0 Å². The molecule has 0 aliphatic heterocycles. The molecular weight excluding hydrogens is 538 g/mol. The van der Waals surface area contributed by atoms with Gasteiger partial charge >= 0.3 is 0 Å². The van der Waals surface area contributed by atoms with Crippen molar-refractivity contribution in [1.29, 1.82) is 0 Å². The van der Waals surface area contributed by atoms with Gasteiger partial charge in [0.05, 0.1) is 0 Å². The van der Waals surface area contributed by atoms with Crippen LogP contribution in [-0.4, -0.2) is 43.5 Å². The minimum absolute atomic E-state index is 0.302. The molecule has 0 rings (SSSR count). The number of hydrogen-bond donors (Lipinski definition) is 1. The molecule has 0 heterocycles. The summed E-state index contributed by atoms with van der Waals surface area (Å²) in [5, 5.41) is 8.67. The lowest BCUT2D eigenvalue weighted by atomic mass is 10.0. The van der Waals surface area contributed by atoms with Crippen molar-refractivity contribution >= 4 is 0 Å². The van der Waals surface area contributed by atoms with Crippen LogP contribution >= 0.6 is 0 Å². The van der Waals surface area contributed by atoms with E-state index >= 15 is 0 Å². The van der Waals surface area contributed by atoms with Gasteiger partial charge in [-0.25, -0.2) is 0 Å². The van der Waals surface area contributed by atoms with Crippen molar-refractivity contribution in [3.8, 4) is 0 Å². The van der Waals surface area contributed by atoms with Crippen molar-refractivity contribution in [2.24, 2.45) is 0 Å². The highest BCUT2D eigenvalue weighted by atomic mass is 16.5. The third-order valence-electron chi connectivity index (χ3n) is 9.25. The van der Waals surface area contributed by atoms with Crippen molar-refractivity contribution in [3.63, 3.8) is 0 Å². The summed E-state index contributed by atoms with van der Waals surface area (Å²) < 4.78 is 5.90. The van der Waals surface area contributed by atoms with Gasteiger partial charge in [0.15, 0.2) is 0 Å². The van der Waals surface area contributed by atoms with Crippen LogP contribution in [0.5, 0.6) is 0 Å². The molecule has 0 fully saturated rings. The number of aliphatic hydroxyl groups excluding tert-OH is 1. The van der Waals surface area contributed by atoms with E-state index in [4.69, 9.17) is 9.84 Å².